The van der Waals surface area contributed by atoms with Crippen LogP contribution >= 0.6 is 11.3 Å². The van der Waals surface area contributed by atoms with Gasteiger partial charge in [-0.05, 0) is 50.5 Å². The average Bonchev–Trinajstić information content (AvgIpc) is 3.05. The molecular weight excluding hydrogens is 316 g/mol. The molecule has 1 atom stereocenters. The number of hydrogen-bond donors (Lipinski definition) is 1. The Morgan fingerprint density at radius 3 is 3.00 bits per heavy atom. The minimum atomic E-state index is 0.346. The first-order valence-electron chi connectivity index (χ1n) is 8.34. The van der Waals surface area contributed by atoms with Crippen molar-refractivity contribution >= 4 is 11.3 Å². The molecule has 1 aliphatic rings. The van der Waals surface area contributed by atoms with E-state index in [1.54, 1.807) is 6.20 Å². The molecule has 0 spiro atoms. The molecule has 24 heavy (non-hydrogen) atoms. The van der Waals surface area contributed by atoms with Crippen molar-refractivity contribution in [2.24, 2.45) is 0 Å². The van der Waals surface area contributed by atoms with E-state index in [2.05, 4.69) is 34.3 Å². The van der Waals surface area contributed by atoms with Gasteiger partial charge in [0.15, 0.2) is 5.82 Å². The summed E-state index contributed by atoms with van der Waals surface area (Å²) < 4.78 is 0. The number of thiophene rings is 1. The van der Waals surface area contributed by atoms with Crippen molar-refractivity contribution in [3.05, 3.63) is 63.9 Å². The van der Waals surface area contributed by atoms with Crippen LogP contribution in [-0.4, -0.2) is 15.0 Å². The fourth-order valence-corrected chi connectivity index (χ4v) is 4.04. The van der Waals surface area contributed by atoms with E-state index in [0.29, 0.717) is 6.04 Å². The second-order valence-electron chi connectivity index (χ2n) is 6.18. The fraction of sp³-hybridized carbons (Fsp3) is 0.316. The Morgan fingerprint density at radius 1 is 1.25 bits per heavy atom. The van der Waals surface area contributed by atoms with Crippen LogP contribution in [0.2, 0.25) is 0 Å². The van der Waals surface area contributed by atoms with Crippen LogP contribution in [0.5, 0.6) is 0 Å². The lowest BCUT2D eigenvalue weighted by Crippen LogP contribution is -2.25. The normalized spacial score (nSPS) is 16.8. The Kier molecular flexibility index (Phi) is 4.36. The number of fused-ring (bicyclic) bond motifs is 1. The monoisotopic (exact) mass is 336 g/mol. The molecule has 122 valence electrons. The third-order valence-electron chi connectivity index (χ3n) is 4.42. The van der Waals surface area contributed by atoms with Gasteiger partial charge in [0.25, 0.3) is 0 Å². The van der Waals surface area contributed by atoms with Crippen LogP contribution in [0.4, 0.5) is 0 Å². The van der Waals surface area contributed by atoms with Gasteiger partial charge in [0.2, 0.25) is 0 Å². The van der Waals surface area contributed by atoms with Gasteiger partial charge in [0.05, 0.1) is 0 Å². The zero-order valence-electron chi connectivity index (χ0n) is 13.7. The van der Waals surface area contributed by atoms with Crippen molar-refractivity contribution in [1.82, 2.24) is 20.3 Å². The molecule has 3 aromatic rings. The summed E-state index contributed by atoms with van der Waals surface area (Å²) in [6, 6.07) is 8.66. The molecule has 0 amide bonds. The summed E-state index contributed by atoms with van der Waals surface area (Å²) in [6.45, 7) is 3.06. The van der Waals surface area contributed by atoms with E-state index in [0.717, 1.165) is 37.2 Å². The Morgan fingerprint density at radius 2 is 2.21 bits per heavy atom. The van der Waals surface area contributed by atoms with Crippen molar-refractivity contribution in [3.63, 3.8) is 0 Å². The number of nitrogens with one attached hydrogen (secondary N) is 1. The average molecular weight is 336 g/mol. The SMILES string of the molecule is Cc1ccc(CNC2CCCc3nc(-c4cccnc4)ncc32)s1. The molecule has 0 saturated carbocycles. The van der Waals surface area contributed by atoms with Crippen LogP contribution in [0.1, 0.15) is 39.9 Å². The largest absolute Gasteiger partial charge is 0.305 e. The molecule has 0 aromatic carbocycles. The van der Waals surface area contributed by atoms with E-state index in [4.69, 9.17) is 4.98 Å². The van der Waals surface area contributed by atoms with Crippen molar-refractivity contribution in [1.29, 1.82) is 0 Å². The molecule has 3 heterocycles. The first-order valence-corrected chi connectivity index (χ1v) is 9.16. The molecule has 0 fully saturated rings. The molecule has 1 N–H and O–H groups in total. The second kappa shape index (κ2) is 6.79. The number of nitrogens with zero attached hydrogens (tertiary/aromatic N) is 3. The maximum atomic E-state index is 4.80. The van der Waals surface area contributed by atoms with Gasteiger partial charge < -0.3 is 5.32 Å². The molecule has 3 aromatic heterocycles. The van der Waals surface area contributed by atoms with E-state index >= 15 is 0 Å². The van der Waals surface area contributed by atoms with Crippen LogP contribution in [0.25, 0.3) is 11.4 Å². The molecule has 0 aliphatic heterocycles. The summed E-state index contributed by atoms with van der Waals surface area (Å²) in [5.74, 6) is 0.774. The molecule has 1 aliphatic carbocycles. The first kappa shape index (κ1) is 15.4. The van der Waals surface area contributed by atoms with Crippen LogP contribution in [0.15, 0.2) is 42.9 Å². The van der Waals surface area contributed by atoms with E-state index < -0.39 is 0 Å². The molecular formula is C19H20N4S. The first-order chi connectivity index (χ1) is 11.8. The summed E-state index contributed by atoms with van der Waals surface area (Å²) in [5.41, 5.74) is 3.40. The Bertz CT molecular complexity index is 828. The van der Waals surface area contributed by atoms with Gasteiger partial charge in [-0.3, -0.25) is 4.98 Å². The minimum Gasteiger partial charge on any atom is -0.305 e. The zero-order chi connectivity index (χ0) is 16.4. The summed E-state index contributed by atoms with van der Waals surface area (Å²) >= 11 is 1.86. The minimum absolute atomic E-state index is 0.346. The lowest BCUT2D eigenvalue weighted by Gasteiger charge is -2.25. The molecule has 0 saturated heterocycles. The maximum Gasteiger partial charge on any atom is 0.160 e. The van der Waals surface area contributed by atoms with Crippen molar-refractivity contribution < 1.29 is 0 Å². The fourth-order valence-electron chi connectivity index (χ4n) is 3.20. The molecule has 5 heteroatoms. The van der Waals surface area contributed by atoms with Gasteiger partial charge in [-0.2, -0.15) is 0 Å². The van der Waals surface area contributed by atoms with Crippen LogP contribution < -0.4 is 5.32 Å². The van der Waals surface area contributed by atoms with Gasteiger partial charge in [0, 0.05) is 57.8 Å². The predicted molar refractivity (Wildman–Crippen MR) is 96.8 cm³/mol. The van der Waals surface area contributed by atoms with E-state index in [9.17, 15) is 0 Å². The lowest BCUT2D eigenvalue weighted by molar-refractivity contribution is 0.454. The number of aromatic nitrogens is 3. The summed E-state index contributed by atoms with van der Waals surface area (Å²) in [5, 5.41) is 3.68. The smallest absolute Gasteiger partial charge is 0.160 e. The highest BCUT2D eigenvalue weighted by Crippen LogP contribution is 2.30. The number of rotatable bonds is 4. The predicted octanol–water partition coefficient (Wildman–Crippen LogP) is 4.08. The van der Waals surface area contributed by atoms with Crippen LogP contribution in [0, 0.1) is 6.92 Å². The maximum absolute atomic E-state index is 4.80. The molecule has 0 bridgehead atoms. The Hall–Kier alpha value is -2.11. The number of pyridine rings is 1. The van der Waals surface area contributed by atoms with E-state index in [1.807, 2.05) is 35.9 Å². The third-order valence-corrected chi connectivity index (χ3v) is 5.42. The topological polar surface area (TPSA) is 50.7 Å². The van der Waals surface area contributed by atoms with Crippen LogP contribution in [-0.2, 0) is 13.0 Å². The highest BCUT2D eigenvalue weighted by Gasteiger charge is 2.22. The van der Waals surface area contributed by atoms with Crippen molar-refractivity contribution in [2.75, 3.05) is 0 Å². The second-order valence-corrected chi connectivity index (χ2v) is 7.55. The van der Waals surface area contributed by atoms with Crippen LogP contribution in [0.3, 0.4) is 0 Å². The quantitative estimate of drug-likeness (QED) is 0.780. The molecule has 4 nitrogen and oxygen atoms in total. The van der Waals surface area contributed by atoms with Gasteiger partial charge in [-0.1, -0.05) is 0 Å². The summed E-state index contributed by atoms with van der Waals surface area (Å²) in [6.07, 6.45) is 8.93. The highest BCUT2D eigenvalue weighted by molar-refractivity contribution is 7.11. The van der Waals surface area contributed by atoms with Gasteiger partial charge in [-0.15, -0.1) is 11.3 Å². The van der Waals surface area contributed by atoms with Gasteiger partial charge >= 0.3 is 0 Å². The van der Waals surface area contributed by atoms with Crippen molar-refractivity contribution in [2.45, 2.75) is 38.8 Å². The van der Waals surface area contributed by atoms with Gasteiger partial charge in [-0.25, -0.2) is 9.97 Å². The number of aryl methyl sites for hydroxylation is 2. The molecule has 1 unspecified atom stereocenters. The van der Waals surface area contributed by atoms with Gasteiger partial charge in [0.1, 0.15) is 0 Å². The molecule has 4 rings (SSSR count). The zero-order valence-corrected chi connectivity index (χ0v) is 14.5. The summed E-state index contributed by atoms with van der Waals surface area (Å²) in [7, 11) is 0. The standard InChI is InChI=1S/C19H20N4S/c1-13-7-8-15(24-13)11-21-17-5-2-6-18-16(17)12-22-19(23-18)14-4-3-9-20-10-14/h3-4,7-10,12,17,21H,2,5-6,11H2,1H3. The number of hydrogen-bond acceptors (Lipinski definition) is 5. The van der Waals surface area contributed by atoms with E-state index in [1.165, 1.54) is 21.0 Å². The molecule has 0 radical (unpaired) electrons. The summed E-state index contributed by atoms with van der Waals surface area (Å²) in [4.78, 5) is 16.3. The third kappa shape index (κ3) is 3.23. The highest BCUT2D eigenvalue weighted by atomic mass is 32.1. The Balaban J connectivity index is 1.54. The van der Waals surface area contributed by atoms with Crippen molar-refractivity contribution in [3.8, 4) is 11.4 Å². The lowest BCUT2D eigenvalue weighted by atomic mass is 9.92. The Labute approximate surface area is 146 Å². The van der Waals surface area contributed by atoms with E-state index in [-0.39, 0.29) is 0 Å².